The van der Waals surface area contributed by atoms with E-state index in [1.54, 1.807) is 0 Å². The molecule has 0 unspecified atom stereocenters. The minimum atomic E-state index is -0.626. The lowest BCUT2D eigenvalue weighted by Crippen LogP contribution is -1.99. The number of methoxy groups -OCH3 is 1. The Balaban J connectivity index is 2.61. The van der Waals surface area contributed by atoms with Gasteiger partial charge in [0.15, 0.2) is 17.3 Å². The van der Waals surface area contributed by atoms with Gasteiger partial charge in [0.1, 0.15) is 5.82 Å². The number of hydrogen-bond donors (Lipinski definition) is 1. The van der Waals surface area contributed by atoms with Gasteiger partial charge in [0, 0.05) is 11.6 Å². The highest BCUT2D eigenvalue weighted by Gasteiger charge is 2.18. The topological polar surface area (TPSA) is 91.3 Å². The summed E-state index contributed by atoms with van der Waals surface area (Å²) in [6.07, 6.45) is 0. The maximum Gasteiger partial charge on any atom is 0.295 e. The summed E-state index contributed by atoms with van der Waals surface area (Å²) in [4.78, 5) is 14.2. The first-order valence-electron chi connectivity index (χ1n) is 5.27. The van der Waals surface area contributed by atoms with Crippen molar-refractivity contribution in [3.8, 4) is 17.0 Å². The lowest BCUT2D eigenvalue weighted by atomic mass is 10.1. The molecule has 0 radical (unpaired) electrons. The molecule has 1 aromatic heterocycles. The molecule has 0 bridgehead atoms. The fourth-order valence-corrected chi connectivity index (χ4v) is 1.64. The lowest BCUT2D eigenvalue weighted by molar-refractivity contribution is -0.384. The second-order valence-corrected chi connectivity index (χ2v) is 3.71. The smallest absolute Gasteiger partial charge is 0.295 e. The second-order valence-electron chi connectivity index (χ2n) is 3.71. The van der Waals surface area contributed by atoms with Gasteiger partial charge >= 0.3 is 0 Å². The fraction of sp³-hybridized carbons (Fsp3) is 0.0833. The first-order chi connectivity index (χ1) is 9.02. The third-order valence-electron chi connectivity index (χ3n) is 2.52. The molecule has 0 aliphatic heterocycles. The number of nitro groups is 1. The molecule has 0 amide bonds. The minimum Gasteiger partial charge on any atom is -0.494 e. The maximum absolute atomic E-state index is 13.6. The van der Waals surface area contributed by atoms with E-state index in [0.717, 1.165) is 6.07 Å². The van der Waals surface area contributed by atoms with Gasteiger partial charge in [0.05, 0.1) is 12.0 Å². The molecular formula is C12H10FN3O3. The molecule has 0 spiro atoms. The van der Waals surface area contributed by atoms with Crippen molar-refractivity contribution < 1.29 is 14.1 Å². The molecular weight excluding hydrogens is 253 g/mol. The summed E-state index contributed by atoms with van der Waals surface area (Å²) in [6.45, 7) is 0. The number of rotatable bonds is 3. The highest BCUT2D eigenvalue weighted by molar-refractivity contribution is 5.71. The number of anilines is 1. The molecule has 0 saturated carbocycles. The van der Waals surface area contributed by atoms with Crippen LogP contribution in [0.1, 0.15) is 0 Å². The molecule has 1 aromatic carbocycles. The van der Waals surface area contributed by atoms with E-state index in [2.05, 4.69) is 4.98 Å². The highest BCUT2D eigenvalue weighted by Crippen LogP contribution is 2.31. The summed E-state index contributed by atoms with van der Waals surface area (Å²) in [5.41, 5.74) is 5.55. The van der Waals surface area contributed by atoms with Crippen molar-refractivity contribution in [2.24, 2.45) is 0 Å². The van der Waals surface area contributed by atoms with Crippen LogP contribution in [0.5, 0.6) is 5.75 Å². The summed E-state index contributed by atoms with van der Waals surface area (Å²) in [7, 11) is 1.33. The molecule has 1 heterocycles. The monoisotopic (exact) mass is 263 g/mol. The number of halogens is 1. The van der Waals surface area contributed by atoms with Crippen LogP contribution < -0.4 is 10.5 Å². The molecule has 98 valence electrons. The molecule has 0 aliphatic rings. The summed E-state index contributed by atoms with van der Waals surface area (Å²) in [6, 6.07) is 6.53. The molecule has 0 saturated heterocycles. The van der Waals surface area contributed by atoms with Gasteiger partial charge in [-0.25, -0.2) is 9.37 Å². The van der Waals surface area contributed by atoms with E-state index >= 15 is 0 Å². The van der Waals surface area contributed by atoms with Gasteiger partial charge in [-0.1, -0.05) is 0 Å². The van der Waals surface area contributed by atoms with E-state index in [1.807, 2.05) is 0 Å². The van der Waals surface area contributed by atoms with Crippen molar-refractivity contribution in [2.75, 3.05) is 12.8 Å². The highest BCUT2D eigenvalue weighted by atomic mass is 19.1. The Kier molecular flexibility index (Phi) is 3.28. The number of nitrogens with two attached hydrogens (primary N) is 1. The Labute approximate surface area is 107 Å². The van der Waals surface area contributed by atoms with Gasteiger partial charge in [-0.3, -0.25) is 10.1 Å². The van der Waals surface area contributed by atoms with Gasteiger partial charge < -0.3 is 10.5 Å². The predicted molar refractivity (Wildman–Crippen MR) is 67.2 cm³/mol. The Morgan fingerprint density at radius 3 is 2.68 bits per heavy atom. The van der Waals surface area contributed by atoms with Gasteiger partial charge in [0.2, 0.25) is 0 Å². The molecule has 7 heteroatoms. The molecule has 2 aromatic rings. The van der Waals surface area contributed by atoms with Crippen molar-refractivity contribution >= 4 is 11.5 Å². The molecule has 0 fully saturated rings. The fourth-order valence-electron chi connectivity index (χ4n) is 1.64. The van der Waals surface area contributed by atoms with Crippen molar-refractivity contribution in [1.82, 2.24) is 4.98 Å². The van der Waals surface area contributed by atoms with Crippen LogP contribution in [0, 0.1) is 15.9 Å². The van der Waals surface area contributed by atoms with Crippen molar-refractivity contribution in [2.45, 2.75) is 0 Å². The summed E-state index contributed by atoms with van der Waals surface area (Å²) in [5, 5.41) is 10.9. The third-order valence-corrected chi connectivity index (χ3v) is 2.52. The van der Waals surface area contributed by atoms with E-state index in [9.17, 15) is 14.5 Å². The van der Waals surface area contributed by atoms with Crippen LogP contribution in [0.4, 0.5) is 15.9 Å². The average Bonchev–Trinajstić information content (AvgIpc) is 2.38. The maximum atomic E-state index is 13.6. The number of pyridine rings is 1. The van der Waals surface area contributed by atoms with Crippen LogP contribution in [0.25, 0.3) is 11.3 Å². The minimum absolute atomic E-state index is 0.0200. The van der Waals surface area contributed by atoms with Crippen LogP contribution >= 0.6 is 0 Å². The first-order valence-corrected chi connectivity index (χ1v) is 5.27. The van der Waals surface area contributed by atoms with Crippen molar-refractivity contribution in [1.29, 1.82) is 0 Å². The van der Waals surface area contributed by atoms with E-state index < -0.39 is 10.7 Å². The van der Waals surface area contributed by atoms with Crippen molar-refractivity contribution in [3.05, 3.63) is 46.3 Å². The van der Waals surface area contributed by atoms with Gasteiger partial charge in [-0.05, 0) is 24.3 Å². The van der Waals surface area contributed by atoms with E-state index in [4.69, 9.17) is 10.5 Å². The van der Waals surface area contributed by atoms with Gasteiger partial charge in [-0.15, -0.1) is 0 Å². The van der Waals surface area contributed by atoms with Crippen LogP contribution in [-0.4, -0.2) is 17.0 Å². The predicted octanol–water partition coefficient (Wildman–Crippen LogP) is 2.39. The van der Waals surface area contributed by atoms with Crippen LogP contribution in [-0.2, 0) is 0 Å². The summed E-state index contributed by atoms with van der Waals surface area (Å²) < 4.78 is 18.4. The summed E-state index contributed by atoms with van der Waals surface area (Å²) in [5.74, 6) is -0.453. The van der Waals surface area contributed by atoms with E-state index in [1.165, 1.54) is 31.4 Å². The van der Waals surface area contributed by atoms with E-state index in [0.29, 0.717) is 0 Å². The van der Waals surface area contributed by atoms with Crippen molar-refractivity contribution in [3.63, 3.8) is 0 Å². The average molecular weight is 263 g/mol. The molecule has 2 rings (SSSR count). The zero-order valence-electron chi connectivity index (χ0n) is 9.96. The Morgan fingerprint density at radius 2 is 2.11 bits per heavy atom. The van der Waals surface area contributed by atoms with Crippen LogP contribution in [0.15, 0.2) is 30.3 Å². The van der Waals surface area contributed by atoms with Crippen LogP contribution in [0.3, 0.4) is 0 Å². The van der Waals surface area contributed by atoms with E-state index in [-0.39, 0.29) is 28.5 Å². The Hall–Kier alpha value is -2.70. The van der Waals surface area contributed by atoms with Gasteiger partial charge in [0.25, 0.3) is 5.69 Å². The van der Waals surface area contributed by atoms with Crippen LogP contribution in [0.2, 0.25) is 0 Å². The number of ether oxygens (including phenoxy) is 1. The normalized spacial score (nSPS) is 10.2. The number of nitrogen functional groups attached to an aromatic ring is 1. The number of benzene rings is 1. The lowest BCUT2D eigenvalue weighted by Gasteiger charge is -2.06. The number of hydrogen-bond acceptors (Lipinski definition) is 5. The SMILES string of the molecule is COc1ccc(-c2nc(N)ccc2[N+](=O)[O-])cc1F. The zero-order chi connectivity index (χ0) is 14.0. The Bertz CT molecular complexity index is 646. The second kappa shape index (κ2) is 4.89. The Morgan fingerprint density at radius 1 is 1.37 bits per heavy atom. The number of nitrogens with zero attached hydrogens (tertiary/aromatic N) is 2. The largest absolute Gasteiger partial charge is 0.494 e. The standard InChI is InChI=1S/C12H10FN3O3/c1-19-10-4-2-7(6-8(10)13)12-9(16(17)18)3-5-11(14)15-12/h2-6H,1H3,(H2,14,15). The first kappa shape index (κ1) is 12.7. The molecule has 19 heavy (non-hydrogen) atoms. The third kappa shape index (κ3) is 2.44. The van der Waals surface area contributed by atoms with Gasteiger partial charge in [-0.2, -0.15) is 0 Å². The molecule has 0 aliphatic carbocycles. The quantitative estimate of drug-likeness (QED) is 0.678. The zero-order valence-corrected chi connectivity index (χ0v) is 9.96. The molecule has 6 nitrogen and oxygen atoms in total. The summed E-state index contributed by atoms with van der Waals surface area (Å²) >= 11 is 0. The number of aromatic nitrogens is 1. The molecule has 2 N–H and O–H groups in total. The molecule has 0 atom stereocenters.